The van der Waals surface area contributed by atoms with E-state index in [1.165, 1.54) is 5.56 Å². The summed E-state index contributed by atoms with van der Waals surface area (Å²) in [5, 5.41) is 8.60. The van der Waals surface area contributed by atoms with Gasteiger partial charge in [-0.05, 0) is 19.8 Å². The summed E-state index contributed by atoms with van der Waals surface area (Å²) in [6.45, 7) is 6.09. The van der Waals surface area contributed by atoms with Crippen LogP contribution in [0.1, 0.15) is 45.1 Å². The molecule has 1 unspecified atom stereocenters. The van der Waals surface area contributed by atoms with Gasteiger partial charge in [0.2, 0.25) is 0 Å². The van der Waals surface area contributed by atoms with Crippen molar-refractivity contribution in [2.75, 3.05) is 0 Å². The number of carboxylic acids is 1. The Hall–Kier alpha value is -1.31. The molecule has 0 aromatic heterocycles. The number of aryl methyl sites for hydroxylation is 1. The Morgan fingerprint density at radius 2 is 1.82 bits per heavy atom. The van der Waals surface area contributed by atoms with Crippen LogP contribution >= 0.6 is 0 Å². The molecule has 96 valence electrons. The molecule has 0 saturated carbocycles. The van der Waals surface area contributed by atoms with Crippen LogP contribution in [0.5, 0.6) is 0 Å². The number of hydrogen-bond donors (Lipinski definition) is 1. The first-order valence-electron chi connectivity index (χ1n) is 6.36. The zero-order chi connectivity index (χ0) is 13.1. The highest BCUT2D eigenvalue weighted by atomic mass is 16.4. The normalized spacial score (nSPS) is 11.2. The van der Waals surface area contributed by atoms with Gasteiger partial charge in [-0.15, -0.1) is 0 Å². The van der Waals surface area contributed by atoms with E-state index in [1.54, 1.807) is 0 Å². The van der Waals surface area contributed by atoms with Crippen molar-refractivity contribution in [2.45, 2.75) is 46.5 Å². The molecular weight excluding hydrogens is 212 g/mol. The first-order valence-corrected chi connectivity index (χ1v) is 6.36. The van der Waals surface area contributed by atoms with Gasteiger partial charge in [0.1, 0.15) is 0 Å². The number of carboxylic acid groups (broad SMARTS) is 1. The minimum atomic E-state index is -0.643. The number of carbonyl (C=O) groups is 1. The van der Waals surface area contributed by atoms with Crippen molar-refractivity contribution < 1.29 is 9.90 Å². The molecule has 17 heavy (non-hydrogen) atoms. The quantitative estimate of drug-likeness (QED) is 0.828. The molecule has 0 saturated heterocycles. The van der Waals surface area contributed by atoms with Crippen molar-refractivity contribution in [3.05, 3.63) is 35.9 Å². The van der Waals surface area contributed by atoms with Crippen LogP contribution in [0, 0.1) is 12.8 Å². The van der Waals surface area contributed by atoms with Gasteiger partial charge in [0.25, 0.3) is 0 Å². The topological polar surface area (TPSA) is 37.3 Å². The second-order valence-corrected chi connectivity index (χ2v) is 4.24. The number of unbranched alkanes of at least 4 members (excludes halogenated alkanes) is 1. The minimum absolute atomic E-state index is 0.111. The molecule has 0 radical (unpaired) electrons. The van der Waals surface area contributed by atoms with Crippen LogP contribution in [0.25, 0.3) is 0 Å². The zero-order valence-electron chi connectivity index (χ0n) is 11.1. The maximum atomic E-state index is 10.4. The van der Waals surface area contributed by atoms with Crippen molar-refractivity contribution in [2.24, 2.45) is 5.92 Å². The van der Waals surface area contributed by atoms with E-state index in [0.717, 1.165) is 25.7 Å². The molecule has 2 nitrogen and oxygen atoms in total. The third-order valence-corrected chi connectivity index (χ3v) is 2.69. The number of aliphatic carboxylic acids is 1. The van der Waals surface area contributed by atoms with E-state index in [9.17, 15) is 4.79 Å². The predicted octanol–water partition coefficient (Wildman–Crippen LogP) is 4.28. The molecular formula is C15H24O2. The molecule has 0 amide bonds. The lowest BCUT2D eigenvalue weighted by Gasteiger charge is -2.06. The largest absolute Gasteiger partial charge is 0.481 e. The fourth-order valence-electron chi connectivity index (χ4n) is 1.49. The molecule has 0 aliphatic heterocycles. The van der Waals surface area contributed by atoms with Crippen molar-refractivity contribution in [3.63, 3.8) is 0 Å². The molecule has 1 aromatic carbocycles. The summed E-state index contributed by atoms with van der Waals surface area (Å²) in [5.41, 5.74) is 1.32. The summed E-state index contributed by atoms with van der Waals surface area (Å²) >= 11 is 0. The lowest BCUT2D eigenvalue weighted by Crippen LogP contribution is -2.11. The average Bonchev–Trinajstić information content (AvgIpc) is 2.31. The first kappa shape index (κ1) is 15.7. The van der Waals surface area contributed by atoms with Crippen molar-refractivity contribution in [3.8, 4) is 0 Å². The third kappa shape index (κ3) is 8.49. The van der Waals surface area contributed by atoms with Crippen molar-refractivity contribution in [1.29, 1.82) is 0 Å². The predicted molar refractivity (Wildman–Crippen MR) is 72.1 cm³/mol. The van der Waals surface area contributed by atoms with Crippen LogP contribution in [-0.4, -0.2) is 11.1 Å². The van der Waals surface area contributed by atoms with Crippen LogP contribution in [0.4, 0.5) is 0 Å². The lowest BCUT2D eigenvalue weighted by molar-refractivity contribution is -0.142. The van der Waals surface area contributed by atoms with Gasteiger partial charge in [0.05, 0.1) is 5.92 Å². The summed E-state index contributed by atoms with van der Waals surface area (Å²) in [6.07, 6.45) is 3.71. The standard InChI is InChI=1S/C8H16O2.C7H8/c1-3-5-6-7(4-2)8(9)10;1-7-5-3-2-4-6-7/h7H,3-6H2,1-2H3,(H,9,10);2-6H,1H3. The van der Waals surface area contributed by atoms with Crippen LogP contribution in [0.2, 0.25) is 0 Å². The fourth-order valence-corrected chi connectivity index (χ4v) is 1.49. The van der Waals surface area contributed by atoms with Gasteiger partial charge in [-0.25, -0.2) is 0 Å². The summed E-state index contributed by atoms with van der Waals surface area (Å²) in [4.78, 5) is 10.4. The monoisotopic (exact) mass is 236 g/mol. The van der Waals surface area contributed by atoms with Gasteiger partial charge in [0.15, 0.2) is 0 Å². The van der Waals surface area contributed by atoms with Gasteiger partial charge in [-0.2, -0.15) is 0 Å². The van der Waals surface area contributed by atoms with E-state index in [-0.39, 0.29) is 5.92 Å². The molecule has 2 heteroatoms. The lowest BCUT2D eigenvalue weighted by atomic mass is 10.00. The third-order valence-electron chi connectivity index (χ3n) is 2.69. The smallest absolute Gasteiger partial charge is 0.306 e. The fraction of sp³-hybridized carbons (Fsp3) is 0.533. The Morgan fingerprint density at radius 3 is 2.12 bits per heavy atom. The van der Waals surface area contributed by atoms with Gasteiger partial charge in [0, 0.05) is 0 Å². The highest BCUT2D eigenvalue weighted by Crippen LogP contribution is 2.11. The van der Waals surface area contributed by atoms with E-state index in [1.807, 2.05) is 25.1 Å². The van der Waals surface area contributed by atoms with Crippen LogP contribution in [0.15, 0.2) is 30.3 Å². The maximum absolute atomic E-state index is 10.4. The van der Waals surface area contributed by atoms with Crippen LogP contribution in [-0.2, 0) is 4.79 Å². The van der Waals surface area contributed by atoms with Crippen molar-refractivity contribution in [1.82, 2.24) is 0 Å². The highest BCUT2D eigenvalue weighted by Gasteiger charge is 2.12. The molecule has 0 heterocycles. The molecule has 1 aromatic rings. The van der Waals surface area contributed by atoms with E-state index >= 15 is 0 Å². The molecule has 0 aliphatic carbocycles. The SMILES string of the molecule is CCCCC(CC)C(=O)O.Cc1ccccc1. The molecule has 1 atom stereocenters. The molecule has 0 fully saturated rings. The Balaban J connectivity index is 0.000000318. The highest BCUT2D eigenvalue weighted by molar-refractivity contribution is 5.69. The van der Waals surface area contributed by atoms with E-state index in [2.05, 4.69) is 26.0 Å². The summed E-state index contributed by atoms with van der Waals surface area (Å²) in [5.74, 6) is -0.754. The number of rotatable bonds is 5. The Labute approximate surface area is 105 Å². The van der Waals surface area contributed by atoms with E-state index in [0.29, 0.717) is 0 Å². The molecule has 1 rings (SSSR count). The second kappa shape index (κ2) is 9.88. The van der Waals surface area contributed by atoms with E-state index in [4.69, 9.17) is 5.11 Å². The van der Waals surface area contributed by atoms with Crippen molar-refractivity contribution >= 4 is 5.97 Å². The van der Waals surface area contributed by atoms with E-state index < -0.39 is 5.97 Å². The number of hydrogen-bond acceptors (Lipinski definition) is 1. The molecule has 0 spiro atoms. The summed E-state index contributed by atoms with van der Waals surface area (Å²) in [7, 11) is 0. The number of benzene rings is 1. The molecule has 0 bridgehead atoms. The van der Waals surface area contributed by atoms with Gasteiger partial charge in [-0.1, -0.05) is 62.6 Å². The Morgan fingerprint density at radius 1 is 1.24 bits per heavy atom. The van der Waals surface area contributed by atoms with Gasteiger partial charge in [-0.3, -0.25) is 4.79 Å². The Kier molecular flexibility index (Phi) is 9.12. The Bertz CT molecular complexity index is 293. The van der Waals surface area contributed by atoms with Gasteiger partial charge >= 0.3 is 5.97 Å². The van der Waals surface area contributed by atoms with Gasteiger partial charge < -0.3 is 5.11 Å². The van der Waals surface area contributed by atoms with Crippen LogP contribution in [0.3, 0.4) is 0 Å². The molecule has 1 N–H and O–H groups in total. The average molecular weight is 236 g/mol. The first-order chi connectivity index (χ1) is 8.11. The molecule has 0 aliphatic rings. The second-order valence-electron chi connectivity index (χ2n) is 4.24. The van der Waals surface area contributed by atoms with Crippen LogP contribution < -0.4 is 0 Å². The zero-order valence-corrected chi connectivity index (χ0v) is 11.1. The maximum Gasteiger partial charge on any atom is 0.306 e. The summed E-state index contributed by atoms with van der Waals surface area (Å²) in [6, 6.07) is 10.3. The minimum Gasteiger partial charge on any atom is -0.481 e. The summed E-state index contributed by atoms with van der Waals surface area (Å²) < 4.78 is 0.